The molecule has 7 nitrogen and oxygen atoms in total. The number of piperidine rings is 2. The molecule has 3 saturated heterocycles. The van der Waals surface area contributed by atoms with Crippen LogP contribution in [0.3, 0.4) is 0 Å². The lowest BCUT2D eigenvalue weighted by Crippen LogP contribution is -2.62. The van der Waals surface area contributed by atoms with E-state index in [0.717, 1.165) is 24.0 Å². The Morgan fingerprint density at radius 3 is 2.32 bits per heavy atom. The second-order valence-corrected chi connectivity index (χ2v) is 10.0. The average molecular weight is 514 g/mol. The van der Waals surface area contributed by atoms with E-state index in [1.54, 1.807) is 0 Å². The minimum Gasteiger partial charge on any atom is -0.491 e. The van der Waals surface area contributed by atoms with Gasteiger partial charge in [-0.2, -0.15) is 0 Å². The van der Waals surface area contributed by atoms with Gasteiger partial charge in [0.15, 0.2) is 0 Å². The number of nitrogens with one attached hydrogen (secondary N) is 1. The molecule has 3 aliphatic rings. The van der Waals surface area contributed by atoms with Gasteiger partial charge < -0.3 is 24.6 Å². The van der Waals surface area contributed by atoms with Crippen molar-refractivity contribution in [3.05, 3.63) is 65.5 Å². The number of hydrogen-bond acceptors (Lipinski definition) is 4. The van der Waals surface area contributed by atoms with Crippen molar-refractivity contribution >= 4 is 11.9 Å². The van der Waals surface area contributed by atoms with Crippen molar-refractivity contribution in [1.29, 1.82) is 0 Å². The fourth-order valence-electron chi connectivity index (χ4n) is 5.83. The van der Waals surface area contributed by atoms with Gasteiger partial charge >= 0.3 is 6.03 Å². The Balaban J connectivity index is 1.25. The molecule has 1 N–H and O–H groups in total. The molecule has 3 amide bonds. The normalized spacial score (nSPS) is 23.2. The molecule has 37 heavy (non-hydrogen) atoms. The summed E-state index contributed by atoms with van der Waals surface area (Å²) in [5, 5.41) is 2.95. The second-order valence-electron chi connectivity index (χ2n) is 10.0. The average Bonchev–Trinajstić information content (AvgIpc) is 2.93. The lowest BCUT2D eigenvalue weighted by Gasteiger charge is -2.44. The zero-order chi connectivity index (χ0) is 25.8. The number of amides is 3. The van der Waals surface area contributed by atoms with Crippen LogP contribution >= 0.6 is 0 Å². The summed E-state index contributed by atoms with van der Waals surface area (Å²) in [6.45, 7) is 1.91. The van der Waals surface area contributed by atoms with Crippen LogP contribution in [-0.4, -0.2) is 80.0 Å². The third kappa shape index (κ3) is 5.87. The predicted molar refractivity (Wildman–Crippen MR) is 134 cm³/mol. The minimum absolute atomic E-state index is 0.00409. The molecule has 2 aromatic rings. The topological polar surface area (TPSA) is 71.1 Å². The van der Waals surface area contributed by atoms with Crippen molar-refractivity contribution in [3.63, 3.8) is 0 Å². The summed E-state index contributed by atoms with van der Waals surface area (Å²) in [6, 6.07) is 14.1. The fourth-order valence-corrected chi connectivity index (χ4v) is 5.83. The van der Waals surface area contributed by atoms with E-state index >= 15 is 0 Å². The Hall–Kier alpha value is -3.20. The number of fused-ring (bicyclic) bond motifs is 1. The van der Waals surface area contributed by atoms with Gasteiger partial charge in [-0.3, -0.25) is 4.79 Å². The number of urea groups is 1. The van der Waals surface area contributed by atoms with E-state index in [1.807, 2.05) is 46.2 Å². The van der Waals surface area contributed by atoms with Crippen molar-refractivity contribution in [2.45, 2.75) is 37.3 Å². The summed E-state index contributed by atoms with van der Waals surface area (Å²) in [4.78, 5) is 28.7. The van der Waals surface area contributed by atoms with Crippen molar-refractivity contribution in [3.8, 4) is 5.75 Å². The smallest absolute Gasteiger partial charge is 0.320 e. The lowest BCUT2D eigenvalue weighted by molar-refractivity contribution is -0.139. The first-order valence-corrected chi connectivity index (χ1v) is 13.0. The molecule has 0 radical (unpaired) electrons. The highest BCUT2D eigenvalue weighted by Gasteiger charge is 2.38. The van der Waals surface area contributed by atoms with Crippen molar-refractivity contribution in [2.75, 3.05) is 46.1 Å². The van der Waals surface area contributed by atoms with Crippen LogP contribution in [0.1, 0.15) is 36.3 Å². The van der Waals surface area contributed by atoms with Gasteiger partial charge in [-0.25, -0.2) is 13.6 Å². The third-order valence-corrected chi connectivity index (χ3v) is 7.69. The largest absolute Gasteiger partial charge is 0.491 e. The van der Waals surface area contributed by atoms with Crippen molar-refractivity contribution < 1.29 is 27.8 Å². The SMILES string of the molecule is O=C1COC2CCN(C(=O)N3CCC([C@H](c4ccc(F)cc4)c4ccc(OCCF)cc4)CC3)C[C@H]2N1. The molecule has 3 heterocycles. The van der Waals surface area contributed by atoms with Gasteiger partial charge in [-0.1, -0.05) is 24.3 Å². The zero-order valence-corrected chi connectivity index (χ0v) is 20.8. The first-order valence-electron chi connectivity index (χ1n) is 13.0. The highest BCUT2D eigenvalue weighted by atomic mass is 19.1. The number of rotatable bonds is 6. The molecule has 198 valence electrons. The Kier molecular flexibility index (Phi) is 7.88. The van der Waals surface area contributed by atoms with Crippen molar-refractivity contribution in [1.82, 2.24) is 15.1 Å². The van der Waals surface area contributed by atoms with E-state index in [0.29, 0.717) is 38.3 Å². The quantitative estimate of drug-likeness (QED) is 0.639. The van der Waals surface area contributed by atoms with Gasteiger partial charge in [0.25, 0.3) is 0 Å². The summed E-state index contributed by atoms with van der Waals surface area (Å²) >= 11 is 0. The van der Waals surface area contributed by atoms with Gasteiger partial charge in [0.2, 0.25) is 5.91 Å². The number of hydrogen-bond donors (Lipinski definition) is 1. The molecule has 3 atom stereocenters. The molecular weight excluding hydrogens is 480 g/mol. The molecular formula is C28H33F2N3O4. The van der Waals surface area contributed by atoms with Crippen LogP contribution in [0.5, 0.6) is 5.75 Å². The maximum Gasteiger partial charge on any atom is 0.320 e. The Bertz CT molecular complexity index is 1070. The monoisotopic (exact) mass is 513 g/mol. The van der Waals surface area contributed by atoms with Gasteiger partial charge in [0.1, 0.15) is 31.5 Å². The molecule has 2 aromatic carbocycles. The number of nitrogens with zero attached hydrogens (tertiary/aromatic N) is 2. The molecule has 0 saturated carbocycles. The highest BCUT2D eigenvalue weighted by molar-refractivity contribution is 5.79. The van der Waals surface area contributed by atoms with Crippen LogP contribution in [0.4, 0.5) is 13.6 Å². The van der Waals surface area contributed by atoms with Crippen molar-refractivity contribution in [2.24, 2.45) is 5.92 Å². The van der Waals surface area contributed by atoms with Crippen LogP contribution in [0.25, 0.3) is 0 Å². The molecule has 0 bridgehead atoms. The van der Waals surface area contributed by atoms with E-state index in [1.165, 1.54) is 12.1 Å². The molecule has 0 aliphatic carbocycles. The maximum atomic E-state index is 13.7. The van der Waals surface area contributed by atoms with Crippen LogP contribution in [0.2, 0.25) is 0 Å². The summed E-state index contributed by atoms with van der Waals surface area (Å²) in [6.07, 6.45) is 2.31. The van der Waals surface area contributed by atoms with Gasteiger partial charge in [-0.05, 0) is 60.6 Å². The number of carbonyl (C=O) groups is 2. The maximum absolute atomic E-state index is 13.7. The third-order valence-electron chi connectivity index (χ3n) is 7.69. The number of morpholine rings is 1. The first-order chi connectivity index (χ1) is 18.0. The molecule has 0 aromatic heterocycles. The Morgan fingerprint density at radius 2 is 1.65 bits per heavy atom. The van der Waals surface area contributed by atoms with Crippen LogP contribution in [-0.2, 0) is 9.53 Å². The number of carbonyl (C=O) groups excluding carboxylic acids is 2. The van der Waals surface area contributed by atoms with E-state index < -0.39 is 6.67 Å². The summed E-state index contributed by atoms with van der Waals surface area (Å²) in [5.74, 6) is 0.511. The number of alkyl halides is 1. The van der Waals surface area contributed by atoms with Crippen LogP contribution in [0.15, 0.2) is 48.5 Å². The highest BCUT2D eigenvalue weighted by Crippen LogP contribution is 2.39. The molecule has 9 heteroatoms. The van der Waals surface area contributed by atoms with E-state index in [2.05, 4.69) is 5.32 Å². The Labute approximate surface area is 215 Å². The van der Waals surface area contributed by atoms with E-state index in [4.69, 9.17) is 9.47 Å². The summed E-state index contributed by atoms with van der Waals surface area (Å²) in [5.41, 5.74) is 2.11. The van der Waals surface area contributed by atoms with E-state index in [-0.39, 0.29) is 55.0 Å². The van der Waals surface area contributed by atoms with Gasteiger partial charge in [0, 0.05) is 32.1 Å². The number of ether oxygens (including phenoxy) is 2. The van der Waals surface area contributed by atoms with Gasteiger partial charge in [0.05, 0.1) is 12.1 Å². The number of likely N-dealkylation sites (tertiary alicyclic amines) is 2. The number of benzene rings is 2. The summed E-state index contributed by atoms with van der Waals surface area (Å²) in [7, 11) is 0. The molecule has 1 unspecified atom stereocenters. The van der Waals surface area contributed by atoms with Crippen LogP contribution < -0.4 is 10.1 Å². The van der Waals surface area contributed by atoms with Crippen LogP contribution in [0, 0.1) is 11.7 Å². The Morgan fingerprint density at radius 1 is 1.00 bits per heavy atom. The number of halogens is 2. The molecule has 5 rings (SSSR count). The lowest BCUT2D eigenvalue weighted by atomic mass is 9.76. The fraction of sp³-hybridized carbons (Fsp3) is 0.500. The molecule has 3 aliphatic heterocycles. The molecule has 0 spiro atoms. The zero-order valence-electron chi connectivity index (χ0n) is 20.8. The predicted octanol–water partition coefficient (Wildman–Crippen LogP) is 3.73. The van der Waals surface area contributed by atoms with E-state index in [9.17, 15) is 18.4 Å². The van der Waals surface area contributed by atoms with Gasteiger partial charge in [-0.15, -0.1) is 0 Å². The second kappa shape index (κ2) is 11.5. The standard InChI is InChI=1S/C28H33F2N3O4/c29-12-16-36-23-7-3-20(4-8-23)27(19-1-5-22(30)6-2-19)21-9-13-32(14-10-21)28(35)33-15-11-25-24(17-33)31-26(34)18-37-25/h1-8,21,24-25,27H,9-18H2,(H,31,34)/t24-,25?,27-/m1/s1. The minimum atomic E-state index is -0.543. The first kappa shape index (κ1) is 25.4. The summed E-state index contributed by atoms with van der Waals surface area (Å²) < 4.78 is 37.2. The molecule has 3 fully saturated rings.